The molecule has 3 aromatic rings. The van der Waals surface area contributed by atoms with E-state index in [2.05, 4.69) is 10.6 Å². The Morgan fingerprint density at radius 1 is 1.14 bits per heavy atom. The lowest BCUT2D eigenvalue weighted by Gasteiger charge is -2.11. The van der Waals surface area contributed by atoms with Crippen LogP contribution in [0.25, 0.3) is 22.4 Å². The van der Waals surface area contributed by atoms with Crippen molar-refractivity contribution in [1.29, 1.82) is 0 Å². The molecule has 0 aliphatic carbocycles. The first kappa shape index (κ1) is 13.6. The molecule has 0 bridgehead atoms. The number of para-hydroxylation sites is 2. The second-order valence-electron chi connectivity index (χ2n) is 5.02. The average molecular weight is 282 g/mol. The van der Waals surface area contributed by atoms with Crippen LogP contribution in [0.3, 0.4) is 0 Å². The molecule has 108 valence electrons. The van der Waals surface area contributed by atoms with Crippen LogP contribution in [0, 0.1) is 6.92 Å². The first-order valence-corrected chi connectivity index (χ1v) is 6.95. The minimum Gasteiger partial charge on any atom is -0.508 e. The Hall–Kier alpha value is -2.33. The van der Waals surface area contributed by atoms with Crippen LogP contribution in [0.1, 0.15) is 5.56 Å². The number of fused-ring (bicyclic) bond motifs is 1. The normalized spacial score (nSPS) is 11.1. The van der Waals surface area contributed by atoms with E-state index in [1.807, 2.05) is 37.3 Å². The molecule has 0 spiro atoms. The van der Waals surface area contributed by atoms with Crippen LogP contribution in [-0.4, -0.2) is 28.4 Å². The van der Waals surface area contributed by atoms with Gasteiger partial charge in [-0.2, -0.15) is 0 Å². The lowest BCUT2D eigenvalue weighted by Crippen LogP contribution is -2.06. The molecular formula is C17H18N2O2. The van der Waals surface area contributed by atoms with Crippen LogP contribution in [0.4, 0.5) is 0 Å². The summed E-state index contributed by atoms with van der Waals surface area (Å²) in [5, 5.41) is 9.94. The molecule has 0 saturated carbocycles. The van der Waals surface area contributed by atoms with Gasteiger partial charge in [-0.05, 0) is 25.1 Å². The van der Waals surface area contributed by atoms with E-state index in [1.54, 1.807) is 13.2 Å². The Morgan fingerprint density at radius 3 is 2.76 bits per heavy atom. The SMILES string of the molecule is COCCn1c(-c2cccc(O)c2C)nc2ccccc21. The third-order valence-electron chi connectivity index (χ3n) is 3.72. The van der Waals surface area contributed by atoms with Crippen molar-refractivity contribution in [2.45, 2.75) is 13.5 Å². The summed E-state index contributed by atoms with van der Waals surface area (Å²) in [6.45, 7) is 3.25. The standard InChI is InChI=1S/C17H18N2O2/c1-12-13(6-5-9-16(12)20)17-18-14-7-3-4-8-15(14)19(17)10-11-21-2/h3-9,20H,10-11H2,1-2H3. The molecule has 0 saturated heterocycles. The molecule has 21 heavy (non-hydrogen) atoms. The highest BCUT2D eigenvalue weighted by molar-refractivity contribution is 5.81. The lowest BCUT2D eigenvalue weighted by molar-refractivity contribution is 0.188. The summed E-state index contributed by atoms with van der Waals surface area (Å²) < 4.78 is 7.35. The van der Waals surface area contributed by atoms with E-state index in [1.165, 1.54) is 0 Å². The average Bonchev–Trinajstić information content (AvgIpc) is 2.86. The molecule has 0 unspecified atom stereocenters. The third kappa shape index (κ3) is 2.38. The minimum atomic E-state index is 0.290. The predicted octanol–water partition coefficient (Wildman–Crippen LogP) is 3.36. The van der Waals surface area contributed by atoms with Gasteiger partial charge in [0.15, 0.2) is 0 Å². The smallest absolute Gasteiger partial charge is 0.141 e. The molecule has 0 aliphatic heterocycles. The number of aromatic nitrogens is 2. The molecule has 1 N–H and O–H groups in total. The van der Waals surface area contributed by atoms with Crippen LogP contribution in [0.2, 0.25) is 0 Å². The molecule has 1 heterocycles. The molecule has 0 amide bonds. The van der Waals surface area contributed by atoms with Crippen LogP contribution < -0.4 is 0 Å². The quantitative estimate of drug-likeness (QED) is 0.798. The summed E-state index contributed by atoms with van der Waals surface area (Å²) in [7, 11) is 1.69. The van der Waals surface area contributed by atoms with Crippen molar-refractivity contribution in [1.82, 2.24) is 9.55 Å². The van der Waals surface area contributed by atoms with Crippen LogP contribution in [0.5, 0.6) is 5.75 Å². The second-order valence-corrected chi connectivity index (χ2v) is 5.02. The summed E-state index contributed by atoms with van der Waals surface area (Å²) >= 11 is 0. The number of phenols is 1. The number of methoxy groups -OCH3 is 1. The van der Waals surface area contributed by atoms with Crippen molar-refractivity contribution in [2.75, 3.05) is 13.7 Å². The fourth-order valence-corrected chi connectivity index (χ4v) is 2.56. The van der Waals surface area contributed by atoms with Crippen molar-refractivity contribution < 1.29 is 9.84 Å². The number of benzene rings is 2. The minimum absolute atomic E-state index is 0.290. The van der Waals surface area contributed by atoms with E-state index >= 15 is 0 Å². The van der Waals surface area contributed by atoms with Gasteiger partial charge in [-0.25, -0.2) is 4.98 Å². The third-order valence-corrected chi connectivity index (χ3v) is 3.72. The molecule has 4 heteroatoms. The molecule has 2 aromatic carbocycles. The maximum Gasteiger partial charge on any atom is 0.141 e. The molecule has 0 aliphatic rings. The van der Waals surface area contributed by atoms with Crippen LogP contribution in [0.15, 0.2) is 42.5 Å². The van der Waals surface area contributed by atoms with Gasteiger partial charge in [0.05, 0.1) is 17.6 Å². The number of rotatable bonds is 4. The van der Waals surface area contributed by atoms with Gasteiger partial charge in [0, 0.05) is 24.8 Å². The summed E-state index contributed by atoms with van der Waals surface area (Å²) in [6.07, 6.45) is 0. The summed E-state index contributed by atoms with van der Waals surface area (Å²) in [4.78, 5) is 4.73. The van der Waals surface area contributed by atoms with Gasteiger partial charge >= 0.3 is 0 Å². The maximum atomic E-state index is 9.94. The van der Waals surface area contributed by atoms with E-state index in [4.69, 9.17) is 9.72 Å². The van der Waals surface area contributed by atoms with Crippen molar-refractivity contribution in [3.8, 4) is 17.1 Å². The Labute approximate surface area is 123 Å². The van der Waals surface area contributed by atoms with E-state index in [9.17, 15) is 5.11 Å². The van der Waals surface area contributed by atoms with Gasteiger partial charge in [-0.15, -0.1) is 0 Å². The number of hydrogen-bond acceptors (Lipinski definition) is 3. The van der Waals surface area contributed by atoms with Gasteiger partial charge < -0.3 is 14.4 Å². The molecule has 3 rings (SSSR count). The number of nitrogens with zero attached hydrogens (tertiary/aromatic N) is 2. The first-order chi connectivity index (χ1) is 10.2. The number of hydrogen-bond donors (Lipinski definition) is 1. The van der Waals surface area contributed by atoms with E-state index < -0.39 is 0 Å². The fraction of sp³-hybridized carbons (Fsp3) is 0.235. The fourth-order valence-electron chi connectivity index (χ4n) is 2.56. The van der Waals surface area contributed by atoms with Crippen LogP contribution >= 0.6 is 0 Å². The highest BCUT2D eigenvalue weighted by Crippen LogP contribution is 2.31. The van der Waals surface area contributed by atoms with Crippen molar-refractivity contribution >= 4 is 11.0 Å². The number of imidazole rings is 1. The van der Waals surface area contributed by atoms with E-state index in [-0.39, 0.29) is 5.75 Å². The molecule has 0 radical (unpaired) electrons. The molecule has 4 nitrogen and oxygen atoms in total. The topological polar surface area (TPSA) is 47.3 Å². The largest absolute Gasteiger partial charge is 0.508 e. The van der Waals surface area contributed by atoms with Crippen molar-refractivity contribution in [3.05, 3.63) is 48.0 Å². The number of phenolic OH excluding ortho intramolecular Hbond substituents is 1. The Bertz CT molecular complexity index is 778. The molecule has 0 fully saturated rings. The first-order valence-electron chi connectivity index (χ1n) is 6.95. The zero-order chi connectivity index (χ0) is 14.8. The highest BCUT2D eigenvalue weighted by atomic mass is 16.5. The van der Waals surface area contributed by atoms with Crippen molar-refractivity contribution in [3.63, 3.8) is 0 Å². The molecule has 1 aromatic heterocycles. The van der Waals surface area contributed by atoms with E-state index in [0.29, 0.717) is 6.61 Å². The van der Waals surface area contributed by atoms with Crippen molar-refractivity contribution in [2.24, 2.45) is 0 Å². The Kier molecular flexibility index (Phi) is 3.62. The predicted molar refractivity (Wildman–Crippen MR) is 83.4 cm³/mol. The lowest BCUT2D eigenvalue weighted by atomic mass is 10.1. The van der Waals surface area contributed by atoms with Gasteiger partial charge in [0.2, 0.25) is 0 Å². The summed E-state index contributed by atoms with van der Waals surface area (Å²) in [5.41, 5.74) is 3.81. The summed E-state index contributed by atoms with van der Waals surface area (Å²) in [6, 6.07) is 13.6. The Balaban J connectivity index is 2.23. The highest BCUT2D eigenvalue weighted by Gasteiger charge is 2.15. The maximum absolute atomic E-state index is 9.94. The zero-order valence-electron chi connectivity index (χ0n) is 12.2. The monoisotopic (exact) mass is 282 g/mol. The van der Waals surface area contributed by atoms with Crippen LogP contribution in [-0.2, 0) is 11.3 Å². The van der Waals surface area contributed by atoms with Gasteiger partial charge in [-0.1, -0.05) is 24.3 Å². The molecular weight excluding hydrogens is 264 g/mol. The van der Waals surface area contributed by atoms with E-state index in [0.717, 1.165) is 34.5 Å². The number of aromatic hydroxyl groups is 1. The molecule has 0 atom stereocenters. The Morgan fingerprint density at radius 2 is 1.95 bits per heavy atom. The van der Waals surface area contributed by atoms with Gasteiger partial charge in [-0.3, -0.25) is 0 Å². The van der Waals surface area contributed by atoms with Gasteiger partial charge in [0.25, 0.3) is 0 Å². The zero-order valence-corrected chi connectivity index (χ0v) is 12.2. The second kappa shape index (κ2) is 5.58. The summed E-state index contributed by atoms with van der Waals surface area (Å²) in [5.74, 6) is 1.15. The van der Waals surface area contributed by atoms with Gasteiger partial charge in [0.1, 0.15) is 11.6 Å². The number of ether oxygens (including phenoxy) is 1.